The summed E-state index contributed by atoms with van der Waals surface area (Å²) in [4.78, 5) is 0. The summed E-state index contributed by atoms with van der Waals surface area (Å²) in [7, 11) is 0. The Bertz CT molecular complexity index is 590. The van der Waals surface area contributed by atoms with Crippen LogP contribution in [-0.2, 0) is 19.4 Å². The van der Waals surface area contributed by atoms with Crippen LogP contribution < -0.4 is 0 Å². The van der Waals surface area contributed by atoms with Crippen LogP contribution in [0, 0.1) is 12.7 Å². The van der Waals surface area contributed by atoms with E-state index in [1.165, 1.54) is 12.1 Å². The molecule has 0 aliphatic rings. The van der Waals surface area contributed by atoms with E-state index in [1.54, 1.807) is 13.0 Å². The van der Waals surface area contributed by atoms with Crippen molar-refractivity contribution in [2.24, 2.45) is 0 Å². The Balaban J connectivity index is 2.14. The van der Waals surface area contributed by atoms with Crippen molar-refractivity contribution in [1.29, 1.82) is 0 Å². The van der Waals surface area contributed by atoms with Gasteiger partial charge in [0.15, 0.2) is 0 Å². The molecule has 1 aromatic heterocycles. The van der Waals surface area contributed by atoms with Gasteiger partial charge in [-0.25, -0.2) is 4.39 Å². The number of aliphatic hydroxyl groups is 1. The monoisotopic (exact) mass is 276 g/mol. The molecule has 1 aromatic carbocycles. The van der Waals surface area contributed by atoms with E-state index >= 15 is 0 Å². The van der Waals surface area contributed by atoms with Crippen LogP contribution in [0.1, 0.15) is 30.8 Å². The highest BCUT2D eigenvalue weighted by atomic mass is 19.1. The van der Waals surface area contributed by atoms with Gasteiger partial charge in [0.25, 0.3) is 0 Å². The molecule has 3 nitrogen and oxygen atoms in total. The van der Waals surface area contributed by atoms with Crippen molar-refractivity contribution in [3.8, 4) is 0 Å². The van der Waals surface area contributed by atoms with Crippen molar-refractivity contribution in [1.82, 2.24) is 9.78 Å². The number of aromatic nitrogens is 2. The second kappa shape index (κ2) is 5.75. The van der Waals surface area contributed by atoms with Gasteiger partial charge in [0, 0.05) is 25.1 Å². The predicted molar refractivity (Wildman–Crippen MR) is 77.1 cm³/mol. The quantitative estimate of drug-likeness (QED) is 0.912. The zero-order valence-electron chi connectivity index (χ0n) is 12.2. The Hall–Kier alpha value is -1.68. The summed E-state index contributed by atoms with van der Waals surface area (Å²) >= 11 is 0. The summed E-state index contributed by atoms with van der Waals surface area (Å²) in [5.74, 6) is -0.271. The number of hydrogen-bond acceptors (Lipinski definition) is 2. The van der Waals surface area contributed by atoms with Crippen LogP contribution in [-0.4, -0.2) is 20.5 Å². The largest absolute Gasteiger partial charge is 0.389 e. The van der Waals surface area contributed by atoms with Gasteiger partial charge in [0.1, 0.15) is 5.82 Å². The lowest BCUT2D eigenvalue weighted by Crippen LogP contribution is -2.31. The number of benzene rings is 1. The van der Waals surface area contributed by atoms with E-state index < -0.39 is 5.60 Å². The number of hydrogen-bond donors (Lipinski definition) is 1. The van der Waals surface area contributed by atoms with Crippen LogP contribution in [0.25, 0.3) is 0 Å². The molecule has 2 rings (SSSR count). The Morgan fingerprint density at radius 3 is 2.70 bits per heavy atom. The number of halogens is 1. The molecule has 0 radical (unpaired) electrons. The second-order valence-electron chi connectivity index (χ2n) is 5.57. The SMILES string of the molecule is CCn1nc(C)cc1CC(C)(O)Cc1cccc(F)c1. The number of nitrogens with zero attached hydrogens (tertiary/aromatic N) is 2. The molecular weight excluding hydrogens is 255 g/mol. The highest BCUT2D eigenvalue weighted by Crippen LogP contribution is 2.20. The highest BCUT2D eigenvalue weighted by molar-refractivity contribution is 5.20. The number of rotatable bonds is 5. The lowest BCUT2D eigenvalue weighted by molar-refractivity contribution is 0.0586. The van der Waals surface area contributed by atoms with Crippen LogP contribution in [0.4, 0.5) is 4.39 Å². The summed E-state index contributed by atoms with van der Waals surface area (Å²) in [5.41, 5.74) is 1.83. The van der Waals surface area contributed by atoms with Crippen molar-refractivity contribution in [3.63, 3.8) is 0 Å². The van der Waals surface area contributed by atoms with Crippen LogP contribution in [0.2, 0.25) is 0 Å². The highest BCUT2D eigenvalue weighted by Gasteiger charge is 2.24. The lowest BCUT2D eigenvalue weighted by Gasteiger charge is -2.23. The molecule has 20 heavy (non-hydrogen) atoms. The van der Waals surface area contributed by atoms with E-state index in [1.807, 2.05) is 30.7 Å². The molecule has 0 saturated heterocycles. The zero-order chi connectivity index (χ0) is 14.8. The molecule has 0 amide bonds. The van der Waals surface area contributed by atoms with Gasteiger partial charge in [-0.05, 0) is 44.5 Å². The van der Waals surface area contributed by atoms with Crippen molar-refractivity contribution < 1.29 is 9.50 Å². The van der Waals surface area contributed by atoms with Gasteiger partial charge in [0.2, 0.25) is 0 Å². The molecule has 0 spiro atoms. The van der Waals surface area contributed by atoms with Gasteiger partial charge >= 0.3 is 0 Å². The third kappa shape index (κ3) is 3.67. The standard InChI is InChI=1S/C16H21FN2O/c1-4-19-15(8-12(2)18-19)11-16(3,20)10-13-6-5-7-14(17)9-13/h5-9,20H,4,10-11H2,1-3H3. The molecular formula is C16H21FN2O. The Morgan fingerprint density at radius 2 is 2.05 bits per heavy atom. The molecule has 0 fully saturated rings. The minimum Gasteiger partial charge on any atom is -0.389 e. The lowest BCUT2D eigenvalue weighted by atomic mass is 9.91. The van der Waals surface area contributed by atoms with E-state index in [-0.39, 0.29) is 5.82 Å². The first-order valence-corrected chi connectivity index (χ1v) is 6.90. The van der Waals surface area contributed by atoms with E-state index in [4.69, 9.17) is 0 Å². The first-order chi connectivity index (χ1) is 9.39. The molecule has 1 unspecified atom stereocenters. The summed E-state index contributed by atoms with van der Waals surface area (Å²) in [6.45, 7) is 6.52. The molecule has 1 heterocycles. The molecule has 0 saturated carbocycles. The maximum atomic E-state index is 13.2. The molecule has 1 N–H and O–H groups in total. The molecule has 0 bridgehead atoms. The summed E-state index contributed by atoms with van der Waals surface area (Å²) < 4.78 is 15.1. The Morgan fingerprint density at radius 1 is 1.30 bits per heavy atom. The van der Waals surface area contributed by atoms with Gasteiger partial charge in [0.05, 0.1) is 11.3 Å². The zero-order valence-corrected chi connectivity index (χ0v) is 12.2. The van der Waals surface area contributed by atoms with Crippen LogP contribution in [0.15, 0.2) is 30.3 Å². The molecule has 2 aromatic rings. The normalized spacial score (nSPS) is 14.2. The molecule has 1 atom stereocenters. The maximum Gasteiger partial charge on any atom is 0.123 e. The third-order valence-corrected chi connectivity index (χ3v) is 3.32. The van der Waals surface area contributed by atoms with Gasteiger partial charge in [-0.1, -0.05) is 12.1 Å². The molecule has 0 aliphatic heterocycles. The van der Waals surface area contributed by atoms with E-state index in [0.29, 0.717) is 12.8 Å². The molecule has 4 heteroatoms. The summed E-state index contributed by atoms with van der Waals surface area (Å²) in [6, 6.07) is 8.37. The Kier molecular flexibility index (Phi) is 4.23. The smallest absolute Gasteiger partial charge is 0.123 e. The summed E-state index contributed by atoms with van der Waals surface area (Å²) in [6.07, 6.45) is 0.914. The van der Waals surface area contributed by atoms with Gasteiger partial charge in [-0.15, -0.1) is 0 Å². The first kappa shape index (κ1) is 14.7. The average Bonchev–Trinajstić information content (AvgIpc) is 2.67. The minimum atomic E-state index is -0.923. The van der Waals surface area contributed by atoms with E-state index in [9.17, 15) is 9.50 Å². The summed E-state index contributed by atoms with van der Waals surface area (Å²) in [5, 5.41) is 15.0. The third-order valence-electron chi connectivity index (χ3n) is 3.32. The van der Waals surface area contributed by atoms with Crippen molar-refractivity contribution >= 4 is 0 Å². The van der Waals surface area contributed by atoms with Crippen molar-refractivity contribution in [2.75, 3.05) is 0 Å². The van der Waals surface area contributed by atoms with Gasteiger partial charge < -0.3 is 5.11 Å². The maximum absolute atomic E-state index is 13.2. The van der Waals surface area contributed by atoms with Crippen molar-refractivity contribution in [2.45, 2.75) is 45.8 Å². The fraction of sp³-hybridized carbons (Fsp3) is 0.438. The first-order valence-electron chi connectivity index (χ1n) is 6.90. The van der Waals surface area contributed by atoms with Crippen LogP contribution in [0.3, 0.4) is 0 Å². The second-order valence-corrected chi connectivity index (χ2v) is 5.57. The Labute approximate surface area is 119 Å². The fourth-order valence-corrected chi connectivity index (χ4v) is 2.55. The van der Waals surface area contributed by atoms with Gasteiger partial charge in [-0.3, -0.25) is 4.68 Å². The van der Waals surface area contributed by atoms with E-state index in [2.05, 4.69) is 5.10 Å². The van der Waals surface area contributed by atoms with E-state index in [0.717, 1.165) is 23.5 Å². The van der Waals surface area contributed by atoms with Crippen LogP contribution >= 0.6 is 0 Å². The topological polar surface area (TPSA) is 38.0 Å². The van der Waals surface area contributed by atoms with Crippen LogP contribution in [0.5, 0.6) is 0 Å². The average molecular weight is 276 g/mol. The number of aryl methyl sites for hydroxylation is 2. The molecule has 108 valence electrons. The molecule has 0 aliphatic carbocycles. The minimum absolute atomic E-state index is 0.271. The van der Waals surface area contributed by atoms with Gasteiger partial charge in [-0.2, -0.15) is 5.10 Å². The van der Waals surface area contributed by atoms with Crippen molar-refractivity contribution in [3.05, 3.63) is 53.1 Å². The fourth-order valence-electron chi connectivity index (χ4n) is 2.55. The predicted octanol–water partition coefficient (Wildman–Crippen LogP) is 2.89.